The van der Waals surface area contributed by atoms with Crippen molar-refractivity contribution < 1.29 is 53.6 Å². The van der Waals surface area contributed by atoms with Crippen molar-refractivity contribution in [1.82, 2.24) is 84.0 Å². The number of thioether (sulfide) groups is 3. The molecule has 1 aliphatic rings. The average molecular weight is 1800 g/mol. The number of nitrogens with two attached hydrogens (primary N) is 3. The zero-order valence-corrected chi connectivity index (χ0v) is 74.1. The number of thiocyanates is 1. The lowest BCUT2D eigenvalue weighted by Gasteiger charge is -2.16. The molecule has 13 aromatic rings. The molecule has 1 amide bonds. The van der Waals surface area contributed by atoms with Gasteiger partial charge in [-0.2, -0.15) is 68.9 Å². The van der Waals surface area contributed by atoms with Crippen LogP contribution >= 0.6 is 66.2 Å². The molecule has 0 aliphatic carbocycles. The van der Waals surface area contributed by atoms with Crippen LogP contribution in [0.4, 0.5) is 61.7 Å². The van der Waals surface area contributed by atoms with Crippen LogP contribution in [0.3, 0.4) is 0 Å². The molecule has 14 rings (SSSR count). The number of amides is 1. The first-order valence-corrected chi connectivity index (χ1v) is 46.6. The molecule has 119 heavy (non-hydrogen) atoms. The number of aryl methyl sites for hydroxylation is 1. The second-order valence-electron chi connectivity index (χ2n) is 25.5. The predicted octanol–water partition coefficient (Wildman–Crippen LogP) is 13.0. The monoisotopic (exact) mass is 1790 g/mol. The van der Waals surface area contributed by atoms with Gasteiger partial charge >= 0.3 is 11.3 Å². The van der Waals surface area contributed by atoms with E-state index < -0.39 is 57.7 Å². The highest BCUT2D eigenvalue weighted by atomic mass is 35.5. The number of anilines is 9. The largest absolute Gasteiger partial charge is 0.495 e. The number of fused-ring (bicyclic) bond motifs is 4. The normalized spacial score (nSPS) is 11.6. The number of hydrogen-bond acceptors (Lipinski definition) is 34. The minimum Gasteiger partial charge on any atom is -0.495 e. The number of hydrogen-bond donors (Lipinski definition) is 8. The van der Waals surface area contributed by atoms with Gasteiger partial charge in [0.1, 0.15) is 29.9 Å². The summed E-state index contributed by atoms with van der Waals surface area (Å²) in [6.45, 7) is 17.3. The van der Waals surface area contributed by atoms with Crippen LogP contribution in [0.2, 0.25) is 5.28 Å². The molecule has 0 bridgehead atoms. The molecule has 0 saturated carbocycles. The first-order chi connectivity index (χ1) is 56.4. The van der Waals surface area contributed by atoms with E-state index in [2.05, 4.69) is 86.5 Å². The topological polar surface area (TPSA) is 507 Å². The predicted molar refractivity (Wildman–Crippen MR) is 471 cm³/mol. The van der Waals surface area contributed by atoms with E-state index in [9.17, 15) is 39.4 Å². The molecule has 5 aromatic carbocycles. The number of halogens is 1. The highest BCUT2D eigenvalue weighted by molar-refractivity contribution is 8.17. The van der Waals surface area contributed by atoms with Crippen molar-refractivity contribution in [3.63, 3.8) is 0 Å². The third-order valence-corrected chi connectivity index (χ3v) is 26.0. The highest BCUT2D eigenvalue weighted by Gasteiger charge is 2.27. The molecule has 45 heteroatoms. The summed E-state index contributed by atoms with van der Waals surface area (Å²) in [6, 6.07) is 39.4. The molecule has 630 valence electrons. The zero-order chi connectivity index (χ0) is 87.5. The van der Waals surface area contributed by atoms with Gasteiger partial charge in [0.25, 0.3) is 0 Å². The molecule has 0 radical (unpaired) electrons. The third-order valence-electron chi connectivity index (χ3n) is 15.9. The Balaban J connectivity index is 0.000000201. The highest BCUT2D eigenvalue weighted by Crippen LogP contribution is 2.39. The number of nitrogen functional groups attached to an aromatic ring is 3. The summed E-state index contributed by atoms with van der Waals surface area (Å²) in [4.78, 5) is 48.4. The molecule has 0 unspecified atom stereocenters. The van der Waals surface area contributed by atoms with E-state index in [1.54, 1.807) is 225 Å². The number of H-pyrrole nitrogens is 1. The standard InChI is InChI=1S/C23H27N6O4PS.C15H17N5O2S2.C9H13NO2S.C8H11NO.C6H5ClN4S.C6H5N3OS.C4H5NO2S.C3H5N3/c1-15(2)35(31,32)20-9-7-6-8-18(20)26-23-28-22(27-21-12-13-24-29(21)23)25-17-11-10-16(34(4,5)30)14-19(17)33-3;1-10(2)24(21,22)12-7-5-4-6-11(12)17-14-19-15(23-3)18-13-8-9-16-20(13)14;1-7(2)13(11,12)9-6-4-3-5-8(9)10;1-6-3-4-7(9)8(5-6)10-2;1-12-6-9-4-2-3-8-11(4)5(7)10-6;10-6-8-5(11)3-4-1-2-7-9(4)6;1-2-7-4(6)8-3-5;4-3-1-2-5-6-3/h6-15H,1-5H3,(H2,25,26,27,28);4-10H,1-3H3,(H,17,18,19);3-7H,10H2,1-2H3;3-5H,9H2,1-2H3;2-3H,1H3;1-2H,3H2,(H,8,10,11);2H2,1H3;1-2H,(H3,4,5,6). The maximum Gasteiger partial charge on any atom is 0.382 e. The Morgan fingerprint density at radius 3 is 1.61 bits per heavy atom. The summed E-state index contributed by atoms with van der Waals surface area (Å²) in [6.07, 6.45) is 12.4. The Morgan fingerprint density at radius 2 is 1.12 bits per heavy atom. The SMILES string of the molecule is CC(C)S(=O)(=O)c1ccccc1N.CCOC(=O)SC#N.COc1cc(C)ccc1N.COc1cc(P(C)(C)=O)ccc1Nc1nc(Nc2ccccc2S(=O)(=O)C(C)C)n2nccc2n1.CSc1nc(Cl)n2nccc2n1.CSc1nc(Nc2ccccc2S(=O)(=O)C(C)C)n2nccc2n1.Nc1ccn[nH]1.O=C1NC(=S)Cc2ccnn21. The number of sulfone groups is 3. The van der Waals surface area contributed by atoms with Crippen LogP contribution in [0.15, 0.2) is 196 Å². The van der Waals surface area contributed by atoms with E-state index in [4.69, 9.17) is 55.8 Å². The first kappa shape index (κ1) is 94.7. The number of carbonyl (C=O) groups excluding carboxylic acids is 2. The fourth-order valence-corrected chi connectivity index (χ4v) is 15.6. The summed E-state index contributed by atoms with van der Waals surface area (Å²) in [5.41, 5.74) is 22.6. The van der Waals surface area contributed by atoms with Gasteiger partial charge in [-0.25, -0.2) is 44.8 Å². The van der Waals surface area contributed by atoms with Gasteiger partial charge in [0.15, 0.2) is 56.8 Å². The van der Waals surface area contributed by atoms with Crippen LogP contribution < -0.4 is 53.2 Å². The third kappa shape index (κ3) is 26.3. The van der Waals surface area contributed by atoms with E-state index in [-0.39, 0.29) is 32.6 Å². The van der Waals surface area contributed by atoms with E-state index in [0.717, 1.165) is 22.7 Å². The Morgan fingerprint density at radius 1 is 0.613 bits per heavy atom. The van der Waals surface area contributed by atoms with Gasteiger partial charge < -0.3 is 51.9 Å². The van der Waals surface area contributed by atoms with Crippen LogP contribution in [0, 0.1) is 17.6 Å². The van der Waals surface area contributed by atoms with Gasteiger partial charge in [0.05, 0.1) is 127 Å². The quantitative estimate of drug-likeness (QED) is 0.00987. The fourth-order valence-electron chi connectivity index (χ4n) is 9.72. The molecular formula is C74H88ClN24O12PS7. The van der Waals surface area contributed by atoms with Crippen molar-refractivity contribution in [1.29, 1.82) is 5.26 Å². The number of rotatable bonds is 18. The maximum absolute atomic E-state index is 12.9. The van der Waals surface area contributed by atoms with Gasteiger partial charge in [-0.1, -0.05) is 78.2 Å². The number of para-hydroxylation sites is 3. The van der Waals surface area contributed by atoms with Gasteiger partial charge in [0, 0.05) is 36.1 Å². The summed E-state index contributed by atoms with van der Waals surface area (Å²) in [5.74, 6) is 2.78. The molecule has 0 fully saturated rings. The second kappa shape index (κ2) is 43.8. The van der Waals surface area contributed by atoms with Crippen LogP contribution in [-0.4, -0.2) is 183 Å². The fraction of sp³-hybridized carbons (Fsp3) is 0.257. The number of thiocarbonyl (C=S) groups is 1. The van der Waals surface area contributed by atoms with Crippen molar-refractivity contribution >= 4 is 186 Å². The molecule has 0 atom stereocenters. The minimum absolute atomic E-state index is 0.171. The lowest BCUT2D eigenvalue weighted by atomic mass is 10.2. The van der Waals surface area contributed by atoms with E-state index in [1.807, 2.05) is 37.6 Å². The van der Waals surface area contributed by atoms with E-state index >= 15 is 0 Å². The molecule has 9 heterocycles. The molecular weight excluding hydrogens is 1710 g/mol. The van der Waals surface area contributed by atoms with Crippen LogP contribution in [0.1, 0.15) is 59.7 Å². The number of methoxy groups -OCH3 is 2. The zero-order valence-electron chi connectivity index (χ0n) is 66.8. The molecule has 0 spiro atoms. The van der Waals surface area contributed by atoms with Gasteiger partial charge in [-0.15, -0.1) is 0 Å². The van der Waals surface area contributed by atoms with Crippen molar-refractivity contribution in [2.45, 2.75) is 103 Å². The number of carbonyl (C=O) groups is 2. The summed E-state index contributed by atoms with van der Waals surface area (Å²) in [5, 5.41) is 43.8. The second-order valence-corrected chi connectivity index (χ2v) is 39.2. The lowest BCUT2D eigenvalue weighted by Crippen LogP contribution is -2.40. The number of ether oxygens (including phenoxy) is 3. The summed E-state index contributed by atoms with van der Waals surface area (Å²) in [7, 11) is -9.52. The Bertz CT molecular complexity index is 6100. The Kier molecular flexibility index (Phi) is 34.9. The van der Waals surface area contributed by atoms with Gasteiger partial charge in [-0.05, 0) is 177 Å². The van der Waals surface area contributed by atoms with Crippen molar-refractivity contribution in [3.8, 4) is 16.9 Å². The molecule has 1 aliphatic heterocycles. The minimum atomic E-state index is -3.54. The first-order valence-electron chi connectivity index (χ1n) is 35.3. The molecule has 36 nitrogen and oxygen atoms in total. The maximum atomic E-state index is 12.9. The Hall–Kier alpha value is -11.5. The molecule has 8 aromatic heterocycles. The molecule has 11 N–H and O–H groups in total. The van der Waals surface area contributed by atoms with Gasteiger partial charge in [-0.3, -0.25) is 10.4 Å². The lowest BCUT2D eigenvalue weighted by molar-refractivity contribution is 0.181. The number of aromatic amines is 1. The van der Waals surface area contributed by atoms with Crippen LogP contribution in [-0.2, 0) is 45.2 Å². The summed E-state index contributed by atoms with van der Waals surface area (Å²) < 4.78 is 107. The van der Waals surface area contributed by atoms with Crippen LogP contribution in [0.5, 0.6) is 11.5 Å². The van der Waals surface area contributed by atoms with E-state index in [0.29, 0.717) is 108 Å². The number of aromatic nitrogens is 16. The van der Waals surface area contributed by atoms with Gasteiger partial charge in [0.2, 0.25) is 23.1 Å². The van der Waals surface area contributed by atoms with Crippen molar-refractivity contribution in [3.05, 3.63) is 187 Å². The van der Waals surface area contributed by atoms with Crippen LogP contribution in [0.25, 0.3) is 16.9 Å². The Labute approximate surface area is 710 Å². The van der Waals surface area contributed by atoms with Crippen molar-refractivity contribution in [2.24, 2.45) is 0 Å². The van der Waals surface area contributed by atoms with Crippen molar-refractivity contribution in [2.75, 3.05) is 79.8 Å². The number of nitriles is 1. The smallest absolute Gasteiger partial charge is 0.382 e. The average Bonchev–Trinajstić information content (AvgIpc) is 1.80. The molecule has 0 saturated heterocycles. The number of benzene rings is 5. The number of nitrogens with one attached hydrogen (secondary N) is 5. The number of nitrogens with zero attached hydrogens (tertiary/aromatic N) is 16. The summed E-state index contributed by atoms with van der Waals surface area (Å²) >= 11 is 14.0. The van der Waals surface area contributed by atoms with E-state index in [1.165, 1.54) is 50.4 Å².